The van der Waals surface area contributed by atoms with E-state index >= 15 is 0 Å². The Balaban J connectivity index is 0.000000140. The molecule has 75 heavy (non-hydrogen) atoms. The topological polar surface area (TPSA) is 241 Å². The first-order valence-corrected chi connectivity index (χ1v) is 22.9. The summed E-state index contributed by atoms with van der Waals surface area (Å²) in [6.07, 6.45) is 3.65. The van der Waals surface area contributed by atoms with Crippen LogP contribution in [-0.4, -0.2) is 68.0 Å². The van der Waals surface area contributed by atoms with Crippen LogP contribution in [0.15, 0.2) is 179 Å². The van der Waals surface area contributed by atoms with E-state index in [-0.39, 0.29) is 96.7 Å². The van der Waals surface area contributed by atoms with Gasteiger partial charge in [-0.3, -0.25) is 47.9 Å². The summed E-state index contributed by atoms with van der Waals surface area (Å²) in [6, 6.07) is 41.6. The summed E-state index contributed by atoms with van der Waals surface area (Å²) in [5, 5.41) is 20.5. The van der Waals surface area contributed by atoms with Crippen molar-refractivity contribution in [2.45, 2.75) is 27.7 Å². The number of allylic oxidation sites excluding steroid dienone is 2. The van der Waals surface area contributed by atoms with Crippen LogP contribution in [0, 0.1) is 0 Å². The van der Waals surface area contributed by atoms with Crippen molar-refractivity contribution in [1.29, 1.82) is 0 Å². The molecule has 0 unspecified atom stereocenters. The minimum absolute atomic E-state index is 0.00528. The summed E-state index contributed by atoms with van der Waals surface area (Å²) < 4.78 is 4.25. The normalized spacial score (nSPS) is 12.2. The van der Waals surface area contributed by atoms with Gasteiger partial charge in [0.1, 0.15) is 5.75 Å². The summed E-state index contributed by atoms with van der Waals surface area (Å²) >= 11 is 0. The molecule has 3 aliphatic rings. The number of aromatic hydroxyl groups is 2. The fourth-order valence-corrected chi connectivity index (χ4v) is 8.49. The smallest absolute Gasteiger partial charge is 0.378 e. The molecule has 3 aliphatic carbocycles. The number of hydrogen-bond donors (Lipinski definition) is 2. The molecule has 1 aromatic heterocycles. The number of ketones is 10. The van der Waals surface area contributed by atoms with Gasteiger partial charge < -0.3 is 14.6 Å². The van der Waals surface area contributed by atoms with Crippen LogP contribution in [-0.2, 0) is 0 Å². The van der Waals surface area contributed by atoms with E-state index in [1.807, 2.05) is 42.5 Å². The molecule has 1 heterocycles. The Labute approximate surface area is 427 Å². The second kappa shape index (κ2) is 22.5. The second-order valence-corrected chi connectivity index (χ2v) is 16.8. The Morgan fingerprint density at radius 1 is 0.347 bits per heavy atom. The van der Waals surface area contributed by atoms with Gasteiger partial charge in [-0.1, -0.05) is 133 Å². The fraction of sp³-hybridized carbons (Fsp3) is 0.0656. The van der Waals surface area contributed by atoms with Gasteiger partial charge >= 0.3 is 5.63 Å². The summed E-state index contributed by atoms with van der Waals surface area (Å²) in [4.78, 5) is 129. The Kier molecular flexibility index (Phi) is 15.8. The highest BCUT2D eigenvalue weighted by Crippen LogP contribution is 2.34. The van der Waals surface area contributed by atoms with Crippen LogP contribution in [0.25, 0.3) is 10.8 Å². The standard InChI is InChI=1S/C16H10O4.C16H10O3.C12H8O3.C12H10O.C5H4O3/c1-8(17)9-4-2-5-10-13(9)15(19)11-6-3-7-12(18)14(11)16(10)20;1-9(17)10-7-4-8-13-14(10)16(19)12-6-3-2-5-11(12)15(13)18;1-7(13)8-3-2-4-9-10(14)5-6-11(15)12(8)9;1-9(13)11-8-4-6-10-5-2-3-7-12(10)11;6-4-2-1-3-8-5(4)7/h2-7,18H,1H3;2-8H,1H3;2-6H,1H3;2-8H,1H3;1-3,6H. The minimum atomic E-state index is -0.701. The van der Waals surface area contributed by atoms with Crippen molar-refractivity contribution in [2.24, 2.45) is 0 Å². The number of carbonyl (C=O) groups excluding carboxylic acids is 10. The molecule has 0 bridgehead atoms. The van der Waals surface area contributed by atoms with Crippen LogP contribution in [0.5, 0.6) is 11.5 Å². The van der Waals surface area contributed by atoms with E-state index < -0.39 is 17.2 Å². The number of phenolic OH excluding ortho intramolecular Hbond substituents is 1. The van der Waals surface area contributed by atoms with Gasteiger partial charge in [0.05, 0.1) is 11.8 Å². The molecule has 2 N–H and O–H groups in total. The van der Waals surface area contributed by atoms with Crippen LogP contribution < -0.4 is 5.63 Å². The van der Waals surface area contributed by atoms with Crippen molar-refractivity contribution in [3.05, 3.63) is 258 Å². The van der Waals surface area contributed by atoms with Crippen molar-refractivity contribution in [1.82, 2.24) is 0 Å². The van der Waals surface area contributed by atoms with Gasteiger partial charge in [0.2, 0.25) is 5.75 Å². The molecule has 0 aliphatic heterocycles. The van der Waals surface area contributed by atoms with Gasteiger partial charge in [0.15, 0.2) is 57.8 Å². The quantitative estimate of drug-likeness (QED) is 0.156. The zero-order valence-corrected chi connectivity index (χ0v) is 40.5. The van der Waals surface area contributed by atoms with Gasteiger partial charge in [-0.2, -0.15) is 0 Å². The molecular formula is C61H42O14. The Morgan fingerprint density at radius 3 is 1.28 bits per heavy atom. The highest BCUT2D eigenvalue weighted by atomic mass is 16.4. The lowest BCUT2D eigenvalue weighted by Gasteiger charge is -2.19. The van der Waals surface area contributed by atoms with Crippen LogP contribution in [0.1, 0.15) is 154 Å². The van der Waals surface area contributed by atoms with Crippen LogP contribution in [0.4, 0.5) is 0 Å². The lowest BCUT2D eigenvalue weighted by Crippen LogP contribution is -2.23. The summed E-state index contributed by atoms with van der Waals surface area (Å²) in [7, 11) is 0. The van der Waals surface area contributed by atoms with Gasteiger partial charge in [-0.05, 0) is 68.8 Å². The predicted molar refractivity (Wildman–Crippen MR) is 276 cm³/mol. The molecule has 0 atom stereocenters. The number of hydrogen-bond acceptors (Lipinski definition) is 14. The number of fused-ring (bicyclic) bond motifs is 6. The maximum Gasteiger partial charge on any atom is 0.378 e. The zero-order chi connectivity index (χ0) is 54.2. The third kappa shape index (κ3) is 10.9. The summed E-state index contributed by atoms with van der Waals surface area (Å²) in [6.45, 7) is 5.73. The van der Waals surface area contributed by atoms with Crippen LogP contribution in [0.2, 0.25) is 0 Å². The third-order valence-corrected chi connectivity index (χ3v) is 12.0. The molecule has 0 fully saturated rings. The highest BCUT2D eigenvalue weighted by molar-refractivity contribution is 6.32. The molecule has 0 radical (unpaired) electrons. The van der Waals surface area contributed by atoms with Crippen LogP contribution >= 0.6 is 0 Å². The maximum atomic E-state index is 12.5. The van der Waals surface area contributed by atoms with Crippen LogP contribution in [0.3, 0.4) is 0 Å². The Bertz CT molecular complexity index is 3840. The molecule has 14 heteroatoms. The van der Waals surface area contributed by atoms with E-state index in [0.717, 1.165) is 16.3 Å². The van der Waals surface area contributed by atoms with E-state index in [4.69, 9.17) is 5.11 Å². The zero-order valence-electron chi connectivity index (χ0n) is 40.5. The molecule has 11 rings (SSSR count). The first kappa shape index (κ1) is 52.6. The largest absolute Gasteiger partial charge is 0.507 e. The molecule has 0 saturated heterocycles. The molecule has 0 spiro atoms. The van der Waals surface area contributed by atoms with Crippen molar-refractivity contribution < 1.29 is 62.6 Å². The molecule has 0 saturated carbocycles. The number of phenols is 1. The van der Waals surface area contributed by atoms with Gasteiger partial charge in [-0.15, -0.1) is 0 Å². The molecule has 370 valence electrons. The average Bonchev–Trinajstić information content (AvgIpc) is 3.41. The van der Waals surface area contributed by atoms with E-state index in [9.17, 15) is 57.8 Å². The third-order valence-electron chi connectivity index (χ3n) is 12.0. The van der Waals surface area contributed by atoms with Gasteiger partial charge in [0.25, 0.3) is 0 Å². The van der Waals surface area contributed by atoms with Crippen molar-refractivity contribution in [3.8, 4) is 11.5 Å². The lowest BCUT2D eigenvalue weighted by atomic mass is 9.81. The van der Waals surface area contributed by atoms with Crippen molar-refractivity contribution >= 4 is 68.6 Å². The summed E-state index contributed by atoms with van der Waals surface area (Å²) in [5.41, 5.74) is 3.26. The SMILES string of the molecule is CC(=O)c1cccc2c1C(=O)C=CC2=O.CC(=O)c1cccc2c1C(=O)c1cccc(O)c1C2=O.CC(=O)c1cccc2c1C(=O)c1ccccc1C2=O.CC(=O)c1cccc2ccccc12.O=c1occcc1O. The molecule has 8 aromatic rings. The molecule has 14 nitrogen and oxygen atoms in total. The minimum Gasteiger partial charge on any atom is -0.507 e. The monoisotopic (exact) mass is 998 g/mol. The first-order chi connectivity index (χ1) is 35.8. The van der Waals surface area contributed by atoms with E-state index in [1.54, 1.807) is 73.7 Å². The maximum absolute atomic E-state index is 12.5. The summed E-state index contributed by atoms with van der Waals surface area (Å²) in [5.74, 6) is -2.95. The van der Waals surface area contributed by atoms with E-state index in [1.165, 1.54) is 81.7 Å². The molecule has 0 amide bonds. The lowest BCUT2D eigenvalue weighted by molar-refractivity contribution is 0.0965. The number of benzene rings is 7. The predicted octanol–water partition coefficient (Wildman–Crippen LogP) is 10.2. The van der Waals surface area contributed by atoms with Crippen molar-refractivity contribution in [2.75, 3.05) is 0 Å². The Morgan fingerprint density at radius 2 is 0.733 bits per heavy atom. The highest BCUT2D eigenvalue weighted by Gasteiger charge is 2.35. The number of carbonyl (C=O) groups is 10. The van der Waals surface area contributed by atoms with Gasteiger partial charge in [0, 0.05) is 72.3 Å². The fourth-order valence-electron chi connectivity index (χ4n) is 8.49. The van der Waals surface area contributed by atoms with E-state index in [2.05, 4.69) is 4.42 Å². The number of rotatable bonds is 4. The average molecular weight is 999 g/mol. The van der Waals surface area contributed by atoms with Gasteiger partial charge in [-0.25, -0.2) is 4.79 Å². The molecular weight excluding hydrogens is 957 g/mol. The molecule has 7 aromatic carbocycles. The Hall–Kier alpha value is -10.2. The van der Waals surface area contributed by atoms with E-state index in [0.29, 0.717) is 33.4 Å². The van der Waals surface area contributed by atoms with Crippen molar-refractivity contribution in [3.63, 3.8) is 0 Å². The number of Topliss-reactive ketones (excluding diaryl/α,β-unsaturated/α-hetero) is 4. The second-order valence-electron chi connectivity index (χ2n) is 16.8. The first-order valence-electron chi connectivity index (χ1n) is 22.9.